The lowest BCUT2D eigenvalue weighted by Gasteiger charge is -2.21. The van der Waals surface area contributed by atoms with E-state index in [1.165, 1.54) is 75.4 Å². The van der Waals surface area contributed by atoms with Gasteiger partial charge >= 0.3 is 0 Å². The molecule has 0 unspecified atom stereocenters. The van der Waals surface area contributed by atoms with Crippen LogP contribution in [-0.4, -0.2) is 4.57 Å². The minimum Gasteiger partial charge on any atom is -0.456 e. The summed E-state index contributed by atoms with van der Waals surface area (Å²) < 4.78 is 11.6. The Morgan fingerprint density at radius 3 is 2.23 bits per heavy atom. The van der Waals surface area contributed by atoms with E-state index in [2.05, 4.69) is 158 Å². The van der Waals surface area contributed by atoms with E-state index < -0.39 is 0 Å². The number of hydrogen-bond donors (Lipinski definition) is 0. The summed E-state index contributed by atoms with van der Waals surface area (Å²) in [4.78, 5) is 0. The van der Waals surface area contributed by atoms with Crippen molar-refractivity contribution in [1.82, 2.24) is 4.57 Å². The second-order valence-electron chi connectivity index (χ2n) is 13.7. The molecule has 11 rings (SSSR count). The molecule has 0 amide bonds. The van der Waals surface area contributed by atoms with Crippen molar-refractivity contribution in [3.8, 4) is 27.9 Å². The highest BCUT2D eigenvalue weighted by molar-refractivity contribution is 7.26. The highest BCUT2D eigenvalue weighted by Gasteiger charge is 2.36. The summed E-state index contributed by atoms with van der Waals surface area (Å²) >= 11 is 1.87. The Kier molecular flexibility index (Phi) is 5.09. The molecule has 226 valence electrons. The van der Waals surface area contributed by atoms with Crippen LogP contribution in [-0.2, 0) is 5.41 Å². The molecule has 0 atom stereocenters. The second-order valence-corrected chi connectivity index (χ2v) is 14.8. The van der Waals surface area contributed by atoms with Crippen molar-refractivity contribution in [3.05, 3.63) is 151 Å². The lowest BCUT2D eigenvalue weighted by atomic mass is 9.82. The molecule has 1 aliphatic rings. The van der Waals surface area contributed by atoms with Crippen LogP contribution >= 0.6 is 11.3 Å². The third-order valence-corrected chi connectivity index (χ3v) is 12.0. The number of furan rings is 1. The van der Waals surface area contributed by atoms with Gasteiger partial charge < -0.3 is 8.98 Å². The van der Waals surface area contributed by atoms with E-state index in [1.807, 2.05) is 11.3 Å². The Morgan fingerprint density at radius 2 is 1.29 bits per heavy atom. The average Bonchev–Trinajstić information content (AvgIpc) is 3.84. The zero-order valence-electron chi connectivity index (χ0n) is 26.5. The van der Waals surface area contributed by atoms with Crippen molar-refractivity contribution in [2.24, 2.45) is 0 Å². The quantitative estimate of drug-likeness (QED) is 0.186. The zero-order chi connectivity index (χ0) is 31.7. The molecule has 0 N–H and O–H groups in total. The Bertz CT molecular complexity index is 2990. The molecule has 3 heterocycles. The van der Waals surface area contributed by atoms with Gasteiger partial charge in [0.2, 0.25) is 0 Å². The van der Waals surface area contributed by atoms with Gasteiger partial charge in [-0.25, -0.2) is 0 Å². The van der Waals surface area contributed by atoms with Crippen LogP contribution in [0.25, 0.3) is 91.9 Å². The molecule has 10 aromatic rings. The number of hydrogen-bond acceptors (Lipinski definition) is 2. The normalized spacial score (nSPS) is 13.8. The molecule has 0 aliphatic heterocycles. The summed E-state index contributed by atoms with van der Waals surface area (Å²) in [6, 6.07) is 51.3. The molecule has 0 spiro atoms. The monoisotopic (exact) mass is 631 g/mol. The molecule has 3 aromatic heterocycles. The van der Waals surface area contributed by atoms with Crippen molar-refractivity contribution in [1.29, 1.82) is 0 Å². The molecule has 0 bridgehead atoms. The van der Waals surface area contributed by atoms with E-state index in [4.69, 9.17) is 4.42 Å². The Morgan fingerprint density at radius 1 is 0.500 bits per heavy atom. The fraction of sp³-hybridized carbons (Fsp3) is 0.0667. The number of nitrogens with zero attached hydrogens (tertiary/aromatic N) is 1. The van der Waals surface area contributed by atoms with Gasteiger partial charge in [-0.05, 0) is 81.9 Å². The first kappa shape index (κ1) is 26.4. The van der Waals surface area contributed by atoms with E-state index in [-0.39, 0.29) is 5.41 Å². The first-order valence-electron chi connectivity index (χ1n) is 16.6. The highest BCUT2D eigenvalue weighted by atomic mass is 32.1. The van der Waals surface area contributed by atoms with Gasteiger partial charge in [0.25, 0.3) is 0 Å². The highest BCUT2D eigenvalue weighted by Crippen LogP contribution is 2.51. The molecule has 3 heteroatoms. The van der Waals surface area contributed by atoms with Gasteiger partial charge in [0.15, 0.2) is 0 Å². The Balaban J connectivity index is 1.11. The lowest BCUT2D eigenvalue weighted by Crippen LogP contribution is -2.14. The third-order valence-electron chi connectivity index (χ3n) is 10.8. The lowest BCUT2D eigenvalue weighted by molar-refractivity contribution is 0.661. The zero-order valence-corrected chi connectivity index (χ0v) is 27.4. The first-order valence-corrected chi connectivity index (χ1v) is 17.4. The molecule has 7 aromatic carbocycles. The Hall–Kier alpha value is -5.64. The standard InChI is InChI=1S/C45H29NOS/c1-45(2)37-15-6-3-10-29(37)34-25-40-35(24-38(34)45)30-11-4-7-16-39(30)46(40)27-19-20-31-36-22-26(18-21-41(36)47-42(31)23-27)28-13-9-14-33-32-12-5-8-17-43(32)48-44(28)33/h3-25H,1-2H3. The van der Waals surface area contributed by atoms with Crippen LogP contribution in [0, 0.1) is 0 Å². The van der Waals surface area contributed by atoms with E-state index >= 15 is 0 Å². The van der Waals surface area contributed by atoms with Crippen LogP contribution in [0.5, 0.6) is 0 Å². The number of para-hydroxylation sites is 1. The van der Waals surface area contributed by atoms with Crippen molar-refractivity contribution in [3.63, 3.8) is 0 Å². The molecule has 48 heavy (non-hydrogen) atoms. The molecule has 0 saturated carbocycles. The second kappa shape index (κ2) is 9.25. The molecule has 0 fully saturated rings. The van der Waals surface area contributed by atoms with Gasteiger partial charge in [-0.1, -0.05) is 98.8 Å². The summed E-state index contributed by atoms with van der Waals surface area (Å²) in [6.07, 6.45) is 0. The van der Waals surface area contributed by atoms with Crippen LogP contribution in [0.1, 0.15) is 25.0 Å². The maximum absolute atomic E-state index is 6.58. The number of fused-ring (bicyclic) bond motifs is 12. The topological polar surface area (TPSA) is 18.1 Å². The molecular formula is C45H29NOS. The maximum atomic E-state index is 6.58. The van der Waals surface area contributed by atoms with Gasteiger partial charge in [-0.15, -0.1) is 11.3 Å². The Labute approximate surface area is 281 Å². The smallest absolute Gasteiger partial charge is 0.137 e. The van der Waals surface area contributed by atoms with E-state index in [1.54, 1.807) is 0 Å². The van der Waals surface area contributed by atoms with Gasteiger partial charge in [0.05, 0.1) is 11.0 Å². The van der Waals surface area contributed by atoms with Crippen molar-refractivity contribution in [2.45, 2.75) is 19.3 Å². The van der Waals surface area contributed by atoms with Crippen LogP contribution in [0.4, 0.5) is 0 Å². The maximum Gasteiger partial charge on any atom is 0.137 e. The summed E-state index contributed by atoms with van der Waals surface area (Å²) in [6.45, 7) is 4.71. The van der Waals surface area contributed by atoms with Gasteiger partial charge in [-0.2, -0.15) is 0 Å². The predicted molar refractivity (Wildman–Crippen MR) is 204 cm³/mol. The number of thiophene rings is 1. The molecule has 1 aliphatic carbocycles. The van der Waals surface area contributed by atoms with E-state index in [0.29, 0.717) is 0 Å². The van der Waals surface area contributed by atoms with Crippen molar-refractivity contribution >= 4 is 75.3 Å². The summed E-state index contributed by atoms with van der Waals surface area (Å²) in [5.41, 5.74) is 13.2. The van der Waals surface area contributed by atoms with E-state index in [9.17, 15) is 0 Å². The van der Waals surface area contributed by atoms with Crippen LogP contribution < -0.4 is 0 Å². The van der Waals surface area contributed by atoms with Crippen molar-refractivity contribution < 1.29 is 4.42 Å². The molecular weight excluding hydrogens is 603 g/mol. The van der Waals surface area contributed by atoms with Gasteiger partial charge in [-0.3, -0.25) is 0 Å². The van der Waals surface area contributed by atoms with Crippen LogP contribution in [0.15, 0.2) is 144 Å². The minimum absolute atomic E-state index is 0.0438. The number of rotatable bonds is 2. The number of benzene rings is 7. The van der Waals surface area contributed by atoms with Gasteiger partial charge in [0, 0.05) is 58.9 Å². The largest absolute Gasteiger partial charge is 0.456 e. The van der Waals surface area contributed by atoms with Crippen LogP contribution in [0.3, 0.4) is 0 Å². The summed E-state index contributed by atoms with van der Waals surface area (Å²) in [5, 5.41) is 7.48. The number of aromatic nitrogens is 1. The molecule has 2 nitrogen and oxygen atoms in total. The summed E-state index contributed by atoms with van der Waals surface area (Å²) in [5.74, 6) is 0. The average molecular weight is 632 g/mol. The van der Waals surface area contributed by atoms with Crippen LogP contribution in [0.2, 0.25) is 0 Å². The minimum atomic E-state index is -0.0438. The van der Waals surface area contributed by atoms with Crippen molar-refractivity contribution in [2.75, 3.05) is 0 Å². The third kappa shape index (κ3) is 3.41. The molecule has 0 saturated heterocycles. The SMILES string of the molecule is CC1(C)c2ccccc2-c2cc3c(cc21)c1ccccc1n3-c1ccc2c(c1)oc1ccc(-c3cccc4c3sc3ccccc34)cc12. The van der Waals surface area contributed by atoms with Gasteiger partial charge in [0.1, 0.15) is 11.2 Å². The summed E-state index contributed by atoms with van der Waals surface area (Å²) in [7, 11) is 0. The predicted octanol–water partition coefficient (Wildman–Crippen LogP) is 13.0. The van der Waals surface area contributed by atoms with E-state index in [0.717, 1.165) is 27.6 Å². The fourth-order valence-corrected chi connectivity index (χ4v) is 9.73. The first-order chi connectivity index (χ1) is 23.5. The fourth-order valence-electron chi connectivity index (χ4n) is 8.49. The molecule has 0 radical (unpaired) electrons.